The average molecular weight is 259 g/mol. The van der Waals surface area contributed by atoms with Gasteiger partial charge in [-0.3, -0.25) is 10.1 Å². The molecule has 0 bridgehead atoms. The number of rotatable bonds is 4. The molecule has 0 radical (unpaired) electrons. The maximum atomic E-state index is 11.0. The summed E-state index contributed by atoms with van der Waals surface area (Å²) in [7, 11) is -3.79. The minimum absolute atomic E-state index is 0.805. The molecule has 1 heterocycles. The first-order valence-corrected chi connectivity index (χ1v) is 6.94. The Labute approximate surface area is 96.8 Å². The molecule has 1 rings (SSSR count). The average Bonchev–Trinajstić information content (AvgIpc) is 2.61. The zero-order valence-electron chi connectivity index (χ0n) is 8.36. The van der Waals surface area contributed by atoms with Crippen LogP contribution in [0.2, 0.25) is 0 Å². The van der Waals surface area contributed by atoms with Gasteiger partial charge in [-0.2, -0.15) is 0 Å². The van der Waals surface area contributed by atoms with E-state index in [2.05, 4.69) is 0 Å². The standard InChI is InChI=1S/C9H9NO4S2/c1-16(13,14)9(10(11)12)6-2-4-8-5-3-7-15-8/h2-7H,1H3/b4-2+,9-6-. The first-order chi connectivity index (χ1) is 7.41. The van der Waals surface area contributed by atoms with Gasteiger partial charge in [0.25, 0.3) is 0 Å². The van der Waals surface area contributed by atoms with E-state index in [-0.39, 0.29) is 0 Å². The van der Waals surface area contributed by atoms with Crippen molar-refractivity contribution in [1.29, 1.82) is 0 Å². The van der Waals surface area contributed by atoms with Gasteiger partial charge in [-0.15, -0.1) is 11.3 Å². The fraction of sp³-hybridized carbons (Fsp3) is 0.111. The number of hydrogen-bond donors (Lipinski definition) is 0. The molecule has 0 amide bonds. The molecule has 0 saturated heterocycles. The molecule has 0 atom stereocenters. The number of thiophene rings is 1. The van der Waals surface area contributed by atoms with Gasteiger partial charge in [-0.25, -0.2) is 8.42 Å². The highest BCUT2D eigenvalue weighted by molar-refractivity contribution is 7.94. The summed E-state index contributed by atoms with van der Waals surface area (Å²) in [6.07, 6.45) is 4.75. The lowest BCUT2D eigenvalue weighted by atomic mass is 10.4. The predicted octanol–water partition coefficient (Wildman–Crippen LogP) is 1.92. The fourth-order valence-corrected chi connectivity index (χ4v) is 2.16. The highest BCUT2D eigenvalue weighted by atomic mass is 32.2. The van der Waals surface area contributed by atoms with Gasteiger partial charge in [0.2, 0.25) is 9.84 Å². The Balaban J connectivity index is 2.94. The Morgan fingerprint density at radius 2 is 2.25 bits per heavy atom. The van der Waals surface area contributed by atoms with Crippen LogP contribution in [0.15, 0.2) is 34.7 Å². The Morgan fingerprint density at radius 1 is 1.56 bits per heavy atom. The second-order valence-electron chi connectivity index (χ2n) is 2.91. The van der Waals surface area contributed by atoms with E-state index in [9.17, 15) is 18.5 Å². The van der Waals surface area contributed by atoms with Crippen LogP contribution >= 0.6 is 11.3 Å². The topological polar surface area (TPSA) is 77.3 Å². The van der Waals surface area contributed by atoms with Crippen LogP contribution in [0.1, 0.15) is 4.88 Å². The Hall–Kier alpha value is -1.47. The fourth-order valence-electron chi connectivity index (χ4n) is 0.931. The van der Waals surface area contributed by atoms with Crippen LogP contribution in [0.25, 0.3) is 6.08 Å². The molecule has 0 aliphatic carbocycles. The minimum atomic E-state index is -3.79. The number of nitrogens with zero attached hydrogens (tertiary/aromatic N) is 1. The normalized spacial score (nSPS) is 13.2. The number of allylic oxidation sites excluding steroid dienone is 2. The van der Waals surface area contributed by atoms with E-state index in [1.807, 2.05) is 17.5 Å². The van der Waals surface area contributed by atoms with E-state index in [0.717, 1.165) is 17.2 Å². The van der Waals surface area contributed by atoms with Gasteiger partial charge >= 0.3 is 5.03 Å². The second kappa shape index (κ2) is 5.04. The van der Waals surface area contributed by atoms with Crippen molar-refractivity contribution in [2.24, 2.45) is 0 Å². The summed E-state index contributed by atoms with van der Waals surface area (Å²) in [5.41, 5.74) is 0. The lowest BCUT2D eigenvalue weighted by Crippen LogP contribution is -2.09. The van der Waals surface area contributed by atoms with Gasteiger partial charge in [-0.05, 0) is 17.5 Å². The van der Waals surface area contributed by atoms with Gasteiger partial charge in [-0.1, -0.05) is 12.1 Å². The van der Waals surface area contributed by atoms with Crippen LogP contribution in [-0.2, 0) is 9.84 Å². The van der Waals surface area contributed by atoms with E-state index < -0.39 is 19.8 Å². The minimum Gasteiger partial charge on any atom is -0.258 e. The molecule has 0 unspecified atom stereocenters. The van der Waals surface area contributed by atoms with Gasteiger partial charge in [0.15, 0.2) is 0 Å². The lowest BCUT2D eigenvalue weighted by molar-refractivity contribution is -0.411. The molecule has 1 aromatic rings. The first kappa shape index (κ1) is 12.6. The van der Waals surface area contributed by atoms with E-state index in [1.54, 1.807) is 6.08 Å². The Kier molecular flexibility index (Phi) is 3.97. The van der Waals surface area contributed by atoms with E-state index in [1.165, 1.54) is 17.4 Å². The van der Waals surface area contributed by atoms with Crippen LogP contribution in [0.4, 0.5) is 0 Å². The highest BCUT2D eigenvalue weighted by Crippen LogP contribution is 2.11. The van der Waals surface area contributed by atoms with Crippen LogP contribution in [-0.4, -0.2) is 19.6 Å². The number of hydrogen-bond acceptors (Lipinski definition) is 5. The molecule has 16 heavy (non-hydrogen) atoms. The van der Waals surface area contributed by atoms with Crippen LogP contribution < -0.4 is 0 Å². The molecule has 7 heteroatoms. The highest BCUT2D eigenvalue weighted by Gasteiger charge is 2.22. The van der Waals surface area contributed by atoms with Gasteiger partial charge in [0, 0.05) is 17.2 Å². The predicted molar refractivity (Wildman–Crippen MR) is 63.3 cm³/mol. The van der Waals surface area contributed by atoms with E-state index in [0.29, 0.717) is 0 Å². The van der Waals surface area contributed by atoms with Crippen molar-refractivity contribution in [1.82, 2.24) is 0 Å². The molecular weight excluding hydrogens is 250 g/mol. The molecule has 86 valence electrons. The molecule has 1 aromatic heterocycles. The molecule has 0 spiro atoms. The third-order valence-electron chi connectivity index (χ3n) is 1.60. The first-order valence-electron chi connectivity index (χ1n) is 4.17. The summed E-state index contributed by atoms with van der Waals surface area (Å²) in [6, 6.07) is 3.65. The summed E-state index contributed by atoms with van der Waals surface area (Å²) < 4.78 is 22.0. The van der Waals surface area contributed by atoms with Gasteiger partial charge < -0.3 is 0 Å². The Morgan fingerprint density at radius 3 is 2.69 bits per heavy atom. The van der Waals surface area contributed by atoms with Crippen molar-refractivity contribution in [3.05, 3.63) is 49.7 Å². The molecule has 0 fully saturated rings. The van der Waals surface area contributed by atoms with Gasteiger partial charge in [0.05, 0.1) is 4.92 Å². The molecule has 0 aliphatic heterocycles. The van der Waals surface area contributed by atoms with Crippen molar-refractivity contribution >= 4 is 27.3 Å². The Bertz CT molecular complexity index is 526. The quantitative estimate of drug-likeness (QED) is 0.470. The van der Waals surface area contributed by atoms with Crippen LogP contribution in [0.3, 0.4) is 0 Å². The third kappa shape index (κ3) is 3.59. The summed E-state index contributed by atoms with van der Waals surface area (Å²) in [4.78, 5) is 10.5. The smallest absolute Gasteiger partial charge is 0.258 e. The molecule has 0 saturated carbocycles. The SMILES string of the molecule is CS(=O)(=O)/C(=C\C=C\c1cccs1)[N+](=O)[O-]. The van der Waals surface area contributed by atoms with Crippen LogP contribution in [0, 0.1) is 10.1 Å². The molecular formula is C9H9NO4S2. The molecule has 0 N–H and O–H groups in total. The van der Waals surface area contributed by atoms with Crippen molar-refractivity contribution in [2.75, 3.05) is 6.26 Å². The third-order valence-corrected chi connectivity index (χ3v) is 3.48. The number of nitro groups is 1. The van der Waals surface area contributed by atoms with Crippen molar-refractivity contribution in [2.45, 2.75) is 0 Å². The zero-order valence-corrected chi connectivity index (χ0v) is 9.99. The second-order valence-corrected chi connectivity index (χ2v) is 5.85. The lowest BCUT2D eigenvalue weighted by Gasteiger charge is -1.92. The summed E-state index contributed by atoms with van der Waals surface area (Å²) >= 11 is 1.46. The van der Waals surface area contributed by atoms with Crippen LogP contribution in [0.5, 0.6) is 0 Å². The summed E-state index contributed by atoms with van der Waals surface area (Å²) in [5.74, 6) is 0. The van der Waals surface area contributed by atoms with Crippen molar-refractivity contribution < 1.29 is 13.3 Å². The van der Waals surface area contributed by atoms with Crippen molar-refractivity contribution in [3.63, 3.8) is 0 Å². The summed E-state index contributed by atoms with van der Waals surface area (Å²) in [6.45, 7) is 0. The molecule has 0 aromatic carbocycles. The maximum absolute atomic E-state index is 11.0. The van der Waals surface area contributed by atoms with E-state index >= 15 is 0 Å². The maximum Gasteiger partial charge on any atom is 0.358 e. The monoisotopic (exact) mass is 259 g/mol. The zero-order chi connectivity index (χ0) is 12.2. The van der Waals surface area contributed by atoms with Gasteiger partial charge in [0.1, 0.15) is 0 Å². The molecule has 0 aliphatic rings. The summed E-state index contributed by atoms with van der Waals surface area (Å²) in [5, 5.41) is 11.5. The van der Waals surface area contributed by atoms with E-state index in [4.69, 9.17) is 0 Å². The van der Waals surface area contributed by atoms with Crippen molar-refractivity contribution in [3.8, 4) is 0 Å². The number of sulfone groups is 1. The molecule has 5 nitrogen and oxygen atoms in total. The largest absolute Gasteiger partial charge is 0.358 e.